The van der Waals surface area contributed by atoms with Gasteiger partial charge in [-0.3, -0.25) is 34.8 Å². The predicted octanol–water partition coefficient (Wildman–Crippen LogP) is 2.05. The van der Waals surface area contributed by atoms with Gasteiger partial charge in [0, 0.05) is 75.5 Å². The van der Waals surface area contributed by atoms with Crippen LogP contribution in [0.2, 0.25) is 0 Å². The van der Waals surface area contributed by atoms with Crippen molar-refractivity contribution in [2.24, 2.45) is 21.1 Å². The monoisotopic (exact) mass is 635 g/mol. The van der Waals surface area contributed by atoms with E-state index in [0.717, 1.165) is 41.0 Å². The van der Waals surface area contributed by atoms with Crippen LogP contribution < -0.4 is 15.5 Å². The molecule has 3 aromatic heterocycles. The van der Waals surface area contributed by atoms with E-state index in [1.165, 1.54) is 6.34 Å². The molecule has 6 rings (SSSR count). The van der Waals surface area contributed by atoms with Crippen molar-refractivity contribution < 1.29 is 9.59 Å². The number of aryl methyl sites for hydroxylation is 2. The van der Waals surface area contributed by atoms with Gasteiger partial charge in [0.2, 0.25) is 11.8 Å². The highest BCUT2D eigenvalue weighted by Crippen LogP contribution is 2.42. The molecule has 0 unspecified atom stereocenters. The number of amidine groups is 1. The van der Waals surface area contributed by atoms with Crippen molar-refractivity contribution in [3.8, 4) is 0 Å². The van der Waals surface area contributed by atoms with Gasteiger partial charge in [0.25, 0.3) is 0 Å². The number of piperazine rings is 1. The predicted molar refractivity (Wildman–Crippen MR) is 183 cm³/mol. The third-order valence-electron chi connectivity index (χ3n) is 9.40. The summed E-state index contributed by atoms with van der Waals surface area (Å²) in [5.74, 6) is 1.91. The van der Waals surface area contributed by atoms with Crippen LogP contribution in [0.15, 0.2) is 58.8 Å². The smallest absolute Gasteiger partial charge is 0.236 e. The first-order valence-electron chi connectivity index (χ1n) is 15.9. The van der Waals surface area contributed by atoms with Crippen LogP contribution in [0.25, 0.3) is 0 Å². The van der Waals surface area contributed by atoms with E-state index in [1.807, 2.05) is 55.1 Å². The molecule has 0 radical (unpaired) electrons. The summed E-state index contributed by atoms with van der Waals surface area (Å²) >= 11 is 0. The fourth-order valence-electron chi connectivity index (χ4n) is 6.67. The van der Waals surface area contributed by atoms with Crippen LogP contribution in [0, 0.1) is 24.7 Å². The zero-order valence-electron chi connectivity index (χ0n) is 27.2. The third kappa shape index (κ3) is 6.61. The van der Waals surface area contributed by atoms with Gasteiger partial charge in [0.05, 0.1) is 23.4 Å². The third-order valence-corrected chi connectivity index (χ3v) is 9.40. The molecular formula is C34H41N11O2. The number of hydrogen-bond donors (Lipinski definition) is 2. The van der Waals surface area contributed by atoms with Crippen molar-refractivity contribution in [2.45, 2.75) is 26.7 Å². The molecular weight excluding hydrogens is 594 g/mol. The summed E-state index contributed by atoms with van der Waals surface area (Å²) in [6, 6.07) is 11.3. The Morgan fingerprint density at radius 2 is 1.77 bits per heavy atom. The summed E-state index contributed by atoms with van der Waals surface area (Å²) in [4.78, 5) is 56.7. The van der Waals surface area contributed by atoms with Gasteiger partial charge in [-0.2, -0.15) is 0 Å². The van der Waals surface area contributed by atoms with E-state index in [0.29, 0.717) is 75.4 Å². The van der Waals surface area contributed by atoms with Gasteiger partial charge in [-0.05, 0) is 69.1 Å². The second-order valence-corrected chi connectivity index (χ2v) is 12.5. The average molecular weight is 636 g/mol. The number of anilines is 2. The van der Waals surface area contributed by atoms with Crippen LogP contribution >= 0.6 is 0 Å². The number of nitrogens with zero attached hydrogens (tertiary/aromatic N) is 9. The summed E-state index contributed by atoms with van der Waals surface area (Å²) in [5, 5.41) is 8.80. The van der Waals surface area contributed by atoms with E-state index in [-0.39, 0.29) is 11.8 Å². The van der Waals surface area contributed by atoms with Crippen molar-refractivity contribution in [2.75, 3.05) is 69.2 Å². The Hall–Kier alpha value is -5.04. The molecule has 244 valence electrons. The number of carbonyl (C=O) groups excluding carboxylic acids is 2. The van der Waals surface area contributed by atoms with Gasteiger partial charge in [0.1, 0.15) is 23.8 Å². The molecule has 1 atom stereocenters. The summed E-state index contributed by atoms with van der Waals surface area (Å²) in [7, 11) is 1.63. The summed E-state index contributed by atoms with van der Waals surface area (Å²) in [6.07, 6.45) is 6.23. The number of nitrogens with one attached hydrogen (secondary N) is 1. The molecule has 3 N–H and O–H groups in total. The Labute approximate surface area is 274 Å². The molecule has 6 heterocycles. The maximum absolute atomic E-state index is 13.9. The lowest BCUT2D eigenvalue weighted by Crippen LogP contribution is -2.51. The lowest BCUT2D eigenvalue weighted by Gasteiger charge is -2.36. The molecule has 0 saturated carbocycles. The van der Waals surface area contributed by atoms with Crippen LogP contribution in [0.1, 0.15) is 40.9 Å². The first-order chi connectivity index (χ1) is 22.7. The number of aromatic nitrogens is 3. The summed E-state index contributed by atoms with van der Waals surface area (Å²) in [5.41, 5.74) is 9.51. The number of carbonyl (C=O) groups is 2. The Morgan fingerprint density at radius 3 is 2.49 bits per heavy atom. The maximum atomic E-state index is 13.9. The number of rotatable bonds is 8. The minimum absolute atomic E-state index is 0.0553. The topological polar surface area (TPSA) is 160 Å². The highest BCUT2D eigenvalue weighted by molar-refractivity contribution is 6.11. The Balaban J connectivity index is 1.03. The molecule has 2 amide bonds. The quantitative estimate of drug-likeness (QED) is 0.281. The van der Waals surface area contributed by atoms with Crippen molar-refractivity contribution in [3.63, 3.8) is 0 Å². The lowest BCUT2D eigenvalue weighted by molar-refractivity contribution is -0.133. The van der Waals surface area contributed by atoms with Crippen LogP contribution in [0.5, 0.6) is 0 Å². The van der Waals surface area contributed by atoms with Crippen molar-refractivity contribution in [1.82, 2.24) is 24.8 Å². The van der Waals surface area contributed by atoms with Crippen LogP contribution in [-0.4, -0.2) is 114 Å². The zero-order chi connectivity index (χ0) is 33.1. The minimum atomic E-state index is -0.517. The molecule has 0 aliphatic carbocycles. The summed E-state index contributed by atoms with van der Waals surface area (Å²) < 4.78 is 0. The lowest BCUT2D eigenvalue weighted by atomic mass is 9.85. The number of likely N-dealkylation sites (tertiary alicyclic amines) is 1. The molecule has 13 heteroatoms. The highest BCUT2D eigenvalue weighted by atomic mass is 16.2. The van der Waals surface area contributed by atoms with Crippen LogP contribution in [0.3, 0.4) is 0 Å². The number of hydrogen-bond acceptors (Lipinski definition) is 9. The maximum Gasteiger partial charge on any atom is 0.236 e. The van der Waals surface area contributed by atoms with Gasteiger partial charge in [0.15, 0.2) is 0 Å². The van der Waals surface area contributed by atoms with E-state index < -0.39 is 5.41 Å². The molecule has 3 aromatic rings. The second-order valence-electron chi connectivity index (χ2n) is 12.5. The molecule has 3 aliphatic heterocycles. The fraction of sp³-hybridized carbons (Fsp3) is 0.412. The normalized spacial score (nSPS) is 20.6. The van der Waals surface area contributed by atoms with E-state index in [2.05, 4.69) is 29.8 Å². The van der Waals surface area contributed by atoms with E-state index in [1.54, 1.807) is 24.3 Å². The molecule has 13 nitrogen and oxygen atoms in total. The molecule has 47 heavy (non-hydrogen) atoms. The van der Waals surface area contributed by atoms with E-state index in [9.17, 15) is 9.59 Å². The van der Waals surface area contributed by atoms with Crippen LogP contribution in [-0.2, 0) is 9.59 Å². The van der Waals surface area contributed by atoms with Gasteiger partial charge >= 0.3 is 0 Å². The standard InChI is InChI=1S/C34H41N11O2/c1-23-4-6-28(41-31(23)30(35)25-8-11-38-24(2)18-25)45-13-10-34(33(45)47)9-12-42(21-34)20-29(46)44-16-14-43(15-17-44)27-7-5-26(19-39-27)32(36)40-22-37-3/h4-8,11,18-19,22,35H,9-10,12-17,20-21H2,1-3H3,(H2,36,37,40)/t34-/m0/s1. The Kier molecular flexibility index (Phi) is 9.08. The largest absolute Gasteiger partial charge is 0.383 e. The van der Waals surface area contributed by atoms with Crippen molar-refractivity contribution in [1.29, 1.82) is 5.41 Å². The molecule has 1 spiro atoms. The minimum Gasteiger partial charge on any atom is -0.383 e. The van der Waals surface area contributed by atoms with Crippen molar-refractivity contribution >= 4 is 41.3 Å². The molecule has 0 bridgehead atoms. The molecule has 3 aliphatic rings. The number of amides is 2. The van der Waals surface area contributed by atoms with Crippen molar-refractivity contribution in [3.05, 3.63) is 76.9 Å². The average Bonchev–Trinajstić information content (AvgIpc) is 3.65. The van der Waals surface area contributed by atoms with Gasteiger partial charge < -0.3 is 15.5 Å². The van der Waals surface area contributed by atoms with Gasteiger partial charge in [-0.15, -0.1) is 0 Å². The highest BCUT2D eigenvalue weighted by Gasteiger charge is 2.51. The first-order valence-corrected chi connectivity index (χ1v) is 15.9. The molecule has 3 saturated heterocycles. The Morgan fingerprint density at radius 1 is 1.00 bits per heavy atom. The van der Waals surface area contributed by atoms with Crippen LogP contribution in [0.4, 0.5) is 11.6 Å². The zero-order valence-corrected chi connectivity index (χ0v) is 27.2. The summed E-state index contributed by atoms with van der Waals surface area (Å²) in [6.45, 7) is 8.56. The fourth-order valence-corrected chi connectivity index (χ4v) is 6.67. The van der Waals surface area contributed by atoms with Gasteiger partial charge in [-0.25, -0.2) is 15.0 Å². The Bertz CT molecular complexity index is 1730. The molecule has 0 aromatic carbocycles. The van der Waals surface area contributed by atoms with Gasteiger partial charge in [-0.1, -0.05) is 6.07 Å². The SMILES string of the molecule is CN=CN=C(N)c1ccc(N2CCN(C(=O)CN3CC[C@]4(CCN(c5ccc(C)c(C(=N)c6ccnc(C)c6)n5)C4=O)C3)CC2)nc1. The second kappa shape index (κ2) is 13.4. The van der Waals surface area contributed by atoms with E-state index in [4.69, 9.17) is 16.1 Å². The van der Waals surface area contributed by atoms with E-state index >= 15 is 0 Å². The number of pyridine rings is 3. The first kappa shape index (κ1) is 31.9. The number of nitrogens with two attached hydrogens (primary N) is 1. The number of aliphatic imine (C=N–C) groups is 2. The molecule has 3 fully saturated rings.